The number of rotatable bonds is 11. The third kappa shape index (κ3) is 9.66. The Morgan fingerprint density at radius 1 is 0.280 bits per heavy atom. The predicted molar refractivity (Wildman–Crippen MR) is 430 cm³/mol. The Morgan fingerprint density at radius 2 is 0.650 bits per heavy atom. The highest BCUT2D eigenvalue weighted by molar-refractivity contribution is 7.26. The van der Waals surface area contributed by atoms with Crippen LogP contribution in [0, 0.1) is 0 Å². The van der Waals surface area contributed by atoms with Gasteiger partial charge in [0.2, 0.25) is 0 Å². The van der Waals surface area contributed by atoms with E-state index in [4.69, 9.17) is 0 Å². The van der Waals surface area contributed by atoms with Crippen LogP contribution in [0.1, 0.15) is 17.2 Å². The lowest BCUT2D eigenvalue weighted by molar-refractivity contribution is 0.991. The van der Waals surface area contributed by atoms with E-state index < -0.39 is 0 Å². The summed E-state index contributed by atoms with van der Waals surface area (Å²) in [4.78, 5) is 9.37. The summed E-state index contributed by atoms with van der Waals surface area (Å²) in [7, 11) is 0. The molecule has 1 aliphatic rings. The minimum atomic E-state index is -0.0334. The van der Waals surface area contributed by atoms with Crippen molar-refractivity contribution in [2.24, 2.45) is 0 Å². The number of hydrogen-bond acceptors (Lipinski definition) is 6. The number of pyridine rings is 1. The van der Waals surface area contributed by atoms with Gasteiger partial charge < -0.3 is 15.1 Å². The highest BCUT2D eigenvalue weighted by Gasteiger charge is 2.26. The summed E-state index contributed by atoms with van der Waals surface area (Å²) in [6.07, 6.45) is 8.59. The quantitative estimate of drug-likeness (QED) is 0.131. The van der Waals surface area contributed by atoms with Gasteiger partial charge in [-0.3, -0.25) is 4.98 Å². The number of thiophene rings is 2. The smallest absolute Gasteiger partial charge is 0.0976 e. The maximum atomic E-state index is 4.52. The zero-order chi connectivity index (χ0) is 65.8. The van der Waals surface area contributed by atoms with Crippen LogP contribution in [0.5, 0.6) is 0 Å². The van der Waals surface area contributed by atoms with Gasteiger partial charge in [0.15, 0.2) is 0 Å². The van der Waals surface area contributed by atoms with Crippen LogP contribution in [0.4, 0.5) is 39.1 Å². The molecule has 16 aromatic carbocycles. The number of nitrogens with one attached hydrogen (secondary N) is 1. The van der Waals surface area contributed by atoms with Gasteiger partial charge in [-0.05, 0) is 200 Å². The molecule has 6 heteroatoms. The van der Waals surface area contributed by atoms with Crippen molar-refractivity contribution in [3.05, 3.63) is 357 Å². The molecule has 0 aliphatic carbocycles. The fourth-order valence-corrected chi connectivity index (χ4v) is 18.1. The Kier molecular flexibility index (Phi) is 13.7. The van der Waals surface area contributed by atoms with Gasteiger partial charge in [0.1, 0.15) is 0 Å². The van der Waals surface area contributed by atoms with Crippen molar-refractivity contribution >= 4 is 163 Å². The normalized spacial score (nSPS) is 12.9. The topological polar surface area (TPSA) is 31.4 Å². The third-order valence-corrected chi connectivity index (χ3v) is 23.0. The molecule has 4 heterocycles. The van der Waals surface area contributed by atoms with Gasteiger partial charge in [0.25, 0.3) is 0 Å². The second kappa shape index (κ2) is 23.7. The molecule has 4 nitrogen and oxygen atoms in total. The summed E-state index contributed by atoms with van der Waals surface area (Å²) in [6.45, 7) is 0. The average Bonchev–Trinajstić information content (AvgIpc) is 0.997. The summed E-state index contributed by atoms with van der Waals surface area (Å²) >= 11 is 3.67. The molecular formula is C94H60N4S2. The lowest BCUT2D eigenvalue weighted by Crippen LogP contribution is -2.10. The molecule has 0 amide bonds. The van der Waals surface area contributed by atoms with Gasteiger partial charge in [-0.15, -0.1) is 22.7 Å². The lowest BCUT2D eigenvalue weighted by Gasteiger charge is -2.26. The summed E-state index contributed by atoms with van der Waals surface area (Å²) < 4.78 is 3.69. The van der Waals surface area contributed by atoms with E-state index in [1.54, 1.807) is 0 Å². The van der Waals surface area contributed by atoms with Crippen molar-refractivity contribution in [3.8, 4) is 44.5 Å². The standard InChI is InChI=1S/C94H60N4S2/c1-3-15-59(16-4-1)61-29-40-68(41-30-61)97(89-27-14-26-82-87-58-95-54-53-91(87)99-92(82)89)70-44-33-64(34-45-70)66-38-49-79-80-50-39-67(57-86(80)77-24-12-11-23-76(77)85(79)56-66)88-52-51-83-81-25-13-28-90(93(81)100-94(83)96-88)98(69-42-31-62(32-43-69)60-17-5-2-6-18-60)71-46-35-63(36-47-71)65-37-48-78-74-21-8-7-19-72(74)73-20-9-10-22-75(73)84(78)55-65/h1-58,88,96H. The van der Waals surface area contributed by atoms with Gasteiger partial charge in [-0.1, -0.05) is 255 Å². The summed E-state index contributed by atoms with van der Waals surface area (Å²) in [5, 5.41) is 24.0. The molecule has 0 saturated heterocycles. The molecule has 19 aromatic rings. The molecule has 1 unspecified atom stereocenters. The highest BCUT2D eigenvalue weighted by atomic mass is 32.1. The monoisotopic (exact) mass is 1310 g/mol. The molecule has 468 valence electrons. The van der Waals surface area contributed by atoms with Crippen molar-refractivity contribution in [2.75, 3.05) is 15.1 Å². The van der Waals surface area contributed by atoms with Crippen molar-refractivity contribution in [3.63, 3.8) is 0 Å². The number of hydrogen-bond donors (Lipinski definition) is 1. The van der Waals surface area contributed by atoms with Crippen molar-refractivity contribution in [1.82, 2.24) is 4.98 Å². The largest absolute Gasteiger partial charge is 0.366 e. The summed E-state index contributed by atoms with van der Waals surface area (Å²) in [6, 6.07) is 121. The van der Waals surface area contributed by atoms with Crippen LogP contribution in [0.3, 0.4) is 0 Å². The van der Waals surface area contributed by atoms with Gasteiger partial charge >= 0.3 is 0 Å². The van der Waals surface area contributed by atoms with Crippen LogP contribution in [0.2, 0.25) is 0 Å². The van der Waals surface area contributed by atoms with E-state index in [1.807, 2.05) is 35.1 Å². The van der Waals surface area contributed by atoms with E-state index in [1.165, 1.54) is 156 Å². The molecule has 0 fully saturated rings. The molecule has 0 bridgehead atoms. The third-order valence-electron chi connectivity index (χ3n) is 20.6. The predicted octanol–water partition coefficient (Wildman–Crippen LogP) is 27.4. The van der Waals surface area contributed by atoms with E-state index in [-0.39, 0.29) is 6.04 Å². The fourth-order valence-electron chi connectivity index (χ4n) is 15.7. The van der Waals surface area contributed by atoms with Crippen molar-refractivity contribution < 1.29 is 0 Å². The van der Waals surface area contributed by atoms with E-state index in [2.05, 4.69) is 360 Å². The van der Waals surface area contributed by atoms with E-state index >= 15 is 0 Å². The van der Waals surface area contributed by atoms with Crippen LogP contribution in [0.15, 0.2) is 346 Å². The summed E-state index contributed by atoms with van der Waals surface area (Å²) in [5.41, 5.74) is 18.6. The molecule has 1 aliphatic heterocycles. The maximum absolute atomic E-state index is 4.52. The number of aromatic nitrogens is 1. The van der Waals surface area contributed by atoms with Crippen molar-refractivity contribution in [2.45, 2.75) is 6.04 Å². The number of benzene rings is 16. The Hall–Kier alpha value is -12.5. The first-order valence-electron chi connectivity index (χ1n) is 34.2. The molecule has 1 atom stereocenters. The first kappa shape index (κ1) is 57.8. The zero-order valence-corrected chi connectivity index (χ0v) is 55.9. The Morgan fingerprint density at radius 3 is 1.13 bits per heavy atom. The van der Waals surface area contributed by atoms with Gasteiger partial charge in [-0.25, -0.2) is 0 Å². The zero-order valence-electron chi connectivity index (χ0n) is 54.2. The van der Waals surface area contributed by atoms with E-state index in [9.17, 15) is 0 Å². The minimum absolute atomic E-state index is 0.0334. The van der Waals surface area contributed by atoms with E-state index in [0.717, 1.165) is 34.1 Å². The van der Waals surface area contributed by atoms with E-state index in [0.29, 0.717) is 0 Å². The summed E-state index contributed by atoms with van der Waals surface area (Å²) in [5.74, 6) is 0. The molecule has 0 saturated carbocycles. The van der Waals surface area contributed by atoms with Crippen LogP contribution in [-0.2, 0) is 0 Å². The van der Waals surface area contributed by atoms with Crippen LogP contribution in [0.25, 0.3) is 145 Å². The number of anilines is 7. The Balaban J connectivity index is 0.625. The molecule has 0 radical (unpaired) electrons. The van der Waals surface area contributed by atoms with Crippen LogP contribution < -0.4 is 15.1 Å². The van der Waals surface area contributed by atoms with Gasteiger partial charge in [0.05, 0.1) is 31.8 Å². The second-order valence-electron chi connectivity index (χ2n) is 26.2. The maximum Gasteiger partial charge on any atom is 0.0976 e. The lowest BCUT2D eigenvalue weighted by atomic mass is 9.90. The van der Waals surface area contributed by atoms with Crippen molar-refractivity contribution in [1.29, 1.82) is 0 Å². The molecular weight excluding hydrogens is 1250 g/mol. The van der Waals surface area contributed by atoms with Gasteiger partial charge in [-0.2, -0.15) is 0 Å². The first-order valence-corrected chi connectivity index (χ1v) is 35.8. The Labute approximate surface area is 586 Å². The molecule has 100 heavy (non-hydrogen) atoms. The fraction of sp³-hybridized carbons (Fsp3) is 0.0106. The second-order valence-corrected chi connectivity index (χ2v) is 28.2. The highest BCUT2D eigenvalue weighted by Crippen LogP contribution is 2.51. The SMILES string of the molecule is C1=CC(c2ccc3c4ccc(-c5ccc(N(c6ccc(-c7ccccc7)cc6)c6cccc7c6sc6ccncc67)cc5)cc4c4ccccc4c3c2)Nc2sc3c(N(c4ccc(-c5ccccc5)cc4)c4ccc(-c5ccc6c7ccccc7c7ccccc7c6c5)cc4)cccc3c21. The minimum Gasteiger partial charge on any atom is -0.366 e. The molecule has 0 spiro atoms. The number of nitrogens with zero attached hydrogens (tertiary/aromatic N) is 3. The van der Waals surface area contributed by atoms with Crippen LogP contribution in [-0.4, -0.2) is 4.98 Å². The molecule has 1 N–H and O–H groups in total. The molecule has 3 aromatic heterocycles. The van der Waals surface area contributed by atoms with Gasteiger partial charge in [0, 0.05) is 61.6 Å². The molecule has 20 rings (SSSR count). The first-order chi connectivity index (χ1) is 49.6. The average molecular weight is 1310 g/mol. The number of fused-ring (bicyclic) bond motifs is 18. The van der Waals surface area contributed by atoms with Crippen LogP contribution >= 0.6 is 22.7 Å². The Bertz CT molecular complexity index is 6420.